The SMILES string of the molecule is COC(=O)C(C)(C)NC(=O)C(C)(C)NC(=O)C(C)(C)NC(=O)OC(C)(C)C. The van der Waals surface area contributed by atoms with Crippen molar-refractivity contribution in [2.24, 2.45) is 0 Å². The van der Waals surface area contributed by atoms with Crippen LogP contribution in [0.4, 0.5) is 4.79 Å². The summed E-state index contributed by atoms with van der Waals surface area (Å²) in [7, 11) is 1.22. The van der Waals surface area contributed by atoms with E-state index in [1.807, 2.05) is 0 Å². The van der Waals surface area contributed by atoms with Crippen molar-refractivity contribution in [2.75, 3.05) is 7.11 Å². The van der Waals surface area contributed by atoms with Crippen LogP contribution >= 0.6 is 0 Å². The summed E-state index contributed by atoms with van der Waals surface area (Å²) in [4.78, 5) is 48.8. The Labute approximate surface area is 160 Å². The minimum absolute atomic E-state index is 0.584. The first kappa shape index (κ1) is 24.7. The third-order valence-corrected chi connectivity index (χ3v) is 3.50. The van der Waals surface area contributed by atoms with Crippen molar-refractivity contribution in [3.8, 4) is 0 Å². The van der Waals surface area contributed by atoms with Gasteiger partial charge in [-0.05, 0) is 62.3 Å². The third-order valence-electron chi connectivity index (χ3n) is 3.50. The van der Waals surface area contributed by atoms with Gasteiger partial charge in [0, 0.05) is 0 Å². The first-order valence-electron chi connectivity index (χ1n) is 8.59. The Balaban J connectivity index is 5.10. The van der Waals surface area contributed by atoms with E-state index in [-0.39, 0.29) is 0 Å². The van der Waals surface area contributed by atoms with Crippen molar-refractivity contribution in [3.05, 3.63) is 0 Å². The van der Waals surface area contributed by atoms with Crippen molar-refractivity contribution in [1.82, 2.24) is 16.0 Å². The summed E-state index contributed by atoms with van der Waals surface area (Å²) in [5.74, 6) is -1.80. The second kappa shape index (κ2) is 8.14. The first-order valence-corrected chi connectivity index (χ1v) is 8.59. The lowest BCUT2D eigenvalue weighted by molar-refractivity contribution is -0.150. The Hall–Kier alpha value is -2.32. The van der Waals surface area contributed by atoms with Crippen molar-refractivity contribution >= 4 is 23.9 Å². The fraction of sp³-hybridized carbons (Fsp3) is 0.778. The maximum atomic E-state index is 12.6. The summed E-state index contributed by atoms with van der Waals surface area (Å²) >= 11 is 0. The zero-order valence-electron chi connectivity index (χ0n) is 17.9. The predicted molar refractivity (Wildman–Crippen MR) is 99.9 cm³/mol. The third kappa shape index (κ3) is 7.84. The van der Waals surface area contributed by atoms with Crippen molar-refractivity contribution in [2.45, 2.75) is 84.5 Å². The molecule has 0 radical (unpaired) electrons. The number of ether oxygens (including phenoxy) is 2. The van der Waals surface area contributed by atoms with Crippen LogP contribution in [0, 0.1) is 0 Å². The van der Waals surface area contributed by atoms with Crippen LogP contribution in [0.25, 0.3) is 0 Å². The zero-order chi connectivity index (χ0) is 21.8. The molecular weight excluding hydrogens is 354 g/mol. The monoisotopic (exact) mass is 387 g/mol. The van der Waals surface area contributed by atoms with Crippen molar-refractivity contribution in [3.63, 3.8) is 0 Å². The van der Waals surface area contributed by atoms with Gasteiger partial charge in [-0.2, -0.15) is 0 Å². The largest absolute Gasteiger partial charge is 0.467 e. The molecular formula is C18H33N3O6. The number of carbonyl (C=O) groups is 4. The van der Waals surface area contributed by atoms with E-state index >= 15 is 0 Å². The maximum Gasteiger partial charge on any atom is 0.408 e. The lowest BCUT2D eigenvalue weighted by atomic mass is 9.97. The average molecular weight is 387 g/mol. The molecule has 0 aromatic heterocycles. The highest BCUT2D eigenvalue weighted by molar-refractivity contribution is 5.97. The van der Waals surface area contributed by atoms with Crippen LogP contribution < -0.4 is 16.0 Å². The highest BCUT2D eigenvalue weighted by atomic mass is 16.6. The molecule has 156 valence electrons. The summed E-state index contributed by atoms with van der Waals surface area (Å²) in [5, 5.41) is 7.58. The number of methoxy groups -OCH3 is 1. The van der Waals surface area contributed by atoms with Crippen LogP contribution in [0.3, 0.4) is 0 Å². The number of rotatable bonds is 6. The van der Waals surface area contributed by atoms with E-state index in [2.05, 4.69) is 20.7 Å². The highest BCUT2D eigenvalue weighted by Crippen LogP contribution is 2.13. The molecule has 3 N–H and O–H groups in total. The molecule has 0 aliphatic rings. The summed E-state index contributed by atoms with van der Waals surface area (Å²) < 4.78 is 9.79. The average Bonchev–Trinajstić information content (AvgIpc) is 2.42. The summed E-state index contributed by atoms with van der Waals surface area (Å²) in [6.07, 6.45) is -0.753. The highest BCUT2D eigenvalue weighted by Gasteiger charge is 2.40. The van der Waals surface area contributed by atoms with Gasteiger partial charge in [0.15, 0.2) is 0 Å². The molecule has 0 spiro atoms. The van der Waals surface area contributed by atoms with E-state index < -0.39 is 46.1 Å². The van der Waals surface area contributed by atoms with Gasteiger partial charge in [-0.15, -0.1) is 0 Å². The molecule has 0 aromatic carbocycles. The Morgan fingerprint density at radius 3 is 1.37 bits per heavy atom. The molecule has 0 saturated carbocycles. The van der Waals surface area contributed by atoms with Crippen molar-refractivity contribution in [1.29, 1.82) is 0 Å². The fourth-order valence-electron chi connectivity index (χ4n) is 1.86. The molecule has 0 aromatic rings. The van der Waals surface area contributed by atoms with E-state index in [4.69, 9.17) is 4.74 Å². The molecule has 0 saturated heterocycles. The van der Waals surface area contributed by atoms with Crippen LogP contribution in [-0.4, -0.2) is 53.2 Å². The molecule has 9 nitrogen and oxygen atoms in total. The maximum absolute atomic E-state index is 12.6. The molecule has 0 fully saturated rings. The first-order chi connectivity index (χ1) is 11.8. The molecule has 0 atom stereocenters. The van der Waals surface area contributed by atoms with E-state index in [1.54, 1.807) is 20.8 Å². The quantitative estimate of drug-likeness (QED) is 0.590. The second-order valence-electron chi connectivity index (χ2n) is 8.90. The minimum atomic E-state index is -1.35. The Morgan fingerprint density at radius 2 is 1.00 bits per heavy atom. The summed E-state index contributed by atoms with van der Waals surface area (Å²) in [6.45, 7) is 14.0. The van der Waals surface area contributed by atoms with Gasteiger partial charge >= 0.3 is 12.1 Å². The van der Waals surface area contributed by atoms with E-state index in [1.165, 1.54) is 48.7 Å². The van der Waals surface area contributed by atoms with E-state index in [9.17, 15) is 19.2 Å². The molecule has 3 amide bonds. The molecule has 0 heterocycles. The number of amides is 3. The number of alkyl carbamates (subject to hydrolysis) is 1. The number of carbonyl (C=O) groups excluding carboxylic acids is 4. The summed E-state index contributed by atoms with van der Waals surface area (Å²) in [5.41, 5.74) is -4.67. The minimum Gasteiger partial charge on any atom is -0.467 e. The van der Waals surface area contributed by atoms with Gasteiger partial charge in [0.2, 0.25) is 11.8 Å². The van der Waals surface area contributed by atoms with E-state index in [0.717, 1.165) is 0 Å². The van der Waals surface area contributed by atoms with Gasteiger partial charge in [0.1, 0.15) is 22.2 Å². The number of hydrogen-bond acceptors (Lipinski definition) is 6. The van der Waals surface area contributed by atoms with Crippen LogP contribution in [0.15, 0.2) is 0 Å². The predicted octanol–water partition coefficient (Wildman–Crippen LogP) is 1.25. The molecule has 0 rings (SSSR count). The van der Waals surface area contributed by atoms with Crippen LogP contribution in [0.5, 0.6) is 0 Å². The summed E-state index contributed by atoms with van der Waals surface area (Å²) in [6, 6.07) is 0. The smallest absolute Gasteiger partial charge is 0.408 e. The second-order valence-corrected chi connectivity index (χ2v) is 8.90. The normalized spacial score (nSPS) is 12.7. The van der Waals surface area contributed by atoms with Crippen LogP contribution in [0.2, 0.25) is 0 Å². The lowest BCUT2D eigenvalue weighted by Crippen LogP contribution is -2.65. The van der Waals surface area contributed by atoms with Crippen molar-refractivity contribution < 1.29 is 28.7 Å². The number of nitrogens with one attached hydrogen (secondary N) is 3. The van der Waals surface area contributed by atoms with Gasteiger partial charge in [-0.3, -0.25) is 9.59 Å². The lowest BCUT2D eigenvalue weighted by Gasteiger charge is -2.34. The van der Waals surface area contributed by atoms with Crippen LogP contribution in [0.1, 0.15) is 62.3 Å². The zero-order valence-corrected chi connectivity index (χ0v) is 17.9. The van der Waals surface area contributed by atoms with Gasteiger partial charge in [-0.25, -0.2) is 9.59 Å². The molecule has 0 aliphatic carbocycles. The van der Waals surface area contributed by atoms with E-state index in [0.29, 0.717) is 0 Å². The molecule has 0 aliphatic heterocycles. The molecule has 0 bridgehead atoms. The fourth-order valence-corrected chi connectivity index (χ4v) is 1.86. The van der Waals surface area contributed by atoms with Gasteiger partial charge in [0.05, 0.1) is 7.11 Å². The van der Waals surface area contributed by atoms with Gasteiger partial charge < -0.3 is 25.4 Å². The Kier molecular flexibility index (Phi) is 7.44. The molecule has 9 heteroatoms. The van der Waals surface area contributed by atoms with Gasteiger partial charge in [0.25, 0.3) is 0 Å². The Morgan fingerprint density at radius 1 is 0.630 bits per heavy atom. The number of esters is 1. The Bertz CT molecular complexity index is 603. The standard InChI is InChI=1S/C18H33N3O6/c1-15(2,3)27-14(25)21-17(6,7)12(23)19-16(4,5)11(22)20-18(8,9)13(24)26-10/h1-10H3,(H,19,23)(H,20,22)(H,21,25). The molecule has 0 unspecified atom stereocenters. The molecule has 27 heavy (non-hydrogen) atoms. The topological polar surface area (TPSA) is 123 Å². The van der Waals surface area contributed by atoms with Crippen LogP contribution in [-0.2, 0) is 23.9 Å². The van der Waals surface area contributed by atoms with Gasteiger partial charge in [-0.1, -0.05) is 0 Å². The number of hydrogen-bond donors (Lipinski definition) is 3.